The van der Waals surface area contributed by atoms with Crippen molar-refractivity contribution in [1.82, 2.24) is 19.9 Å². The fraction of sp³-hybridized carbons (Fsp3) is 0.500. The lowest BCUT2D eigenvalue weighted by molar-refractivity contribution is -0.126. The molecule has 0 spiro atoms. The Labute approximate surface area is 192 Å². The molecule has 4 rings (SSSR count). The molecular weight excluding hydrogens is 422 g/mol. The van der Waals surface area contributed by atoms with Crippen molar-refractivity contribution in [3.05, 3.63) is 58.0 Å². The molecule has 3 heterocycles. The summed E-state index contributed by atoms with van der Waals surface area (Å²) in [6, 6.07) is 12.1. The van der Waals surface area contributed by atoms with E-state index in [-0.39, 0.29) is 23.4 Å². The third kappa shape index (κ3) is 5.35. The SMILES string of the molecule is CCCc1cc(=O)n2nc(N3CCC(C(=O)N[C@H](C)CCc4ccccc4)CC3)sc2n1. The number of benzene rings is 1. The molecule has 2 aromatic heterocycles. The third-order valence-corrected chi connectivity index (χ3v) is 7.00. The molecule has 0 saturated carbocycles. The molecule has 1 aliphatic rings. The van der Waals surface area contributed by atoms with E-state index in [4.69, 9.17) is 0 Å². The molecular formula is C24H31N5O2S. The maximum atomic E-state index is 12.7. The van der Waals surface area contributed by atoms with Gasteiger partial charge in [0.1, 0.15) is 0 Å². The van der Waals surface area contributed by atoms with Crippen LogP contribution in [0.4, 0.5) is 5.13 Å². The lowest BCUT2D eigenvalue weighted by atomic mass is 9.95. The summed E-state index contributed by atoms with van der Waals surface area (Å²) in [5.74, 6) is 0.174. The number of piperidine rings is 1. The van der Waals surface area contributed by atoms with Gasteiger partial charge in [0.15, 0.2) is 0 Å². The number of hydrogen-bond donors (Lipinski definition) is 1. The van der Waals surface area contributed by atoms with Crippen LogP contribution in [0, 0.1) is 5.92 Å². The van der Waals surface area contributed by atoms with Crippen LogP contribution in [0.25, 0.3) is 4.96 Å². The van der Waals surface area contributed by atoms with Gasteiger partial charge in [-0.2, -0.15) is 4.52 Å². The molecule has 8 heteroatoms. The molecule has 1 saturated heterocycles. The summed E-state index contributed by atoms with van der Waals surface area (Å²) < 4.78 is 1.40. The molecule has 0 unspecified atom stereocenters. The number of nitrogens with zero attached hydrogens (tertiary/aromatic N) is 4. The van der Waals surface area contributed by atoms with Crippen molar-refractivity contribution >= 4 is 27.3 Å². The van der Waals surface area contributed by atoms with Gasteiger partial charge >= 0.3 is 0 Å². The Balaban J connectivity index is 1.30. The number of hydrogen-bond acceptors (Lipinski definition) is 6. The highest BCUT2D eigenvalue weighted by atomic mass is 32.1. The Morgan fingerprint density at radius 2 is 1.97 bits per heavy atom. The zero-order chi connectivity index (χ0) is 22.5. The first-order chi connectivity index (χ1) is 15.5. The van der Waals surface area contributed by atoms with Crippen molar-refractivity contribution in [2.24, 2.45) is 5.92 Å². The fourth-order valence-corrected chi connectivity index (χ4v) is 5.13. The number of rotatable bonds is 8. The minimum absolute atomic E-state index is 0.0248. The van der Waals surface area contributed by atoms with Crippen LogP contribution in [-0.4, -0.2) is 39.6 Å². The van der Waals surface area contributed by atoms with E-state index in [2.05, 4.69) is 46.3 Å². The number of carbonyl (C=O) groups is 1. The van der Waals surface area contributed by atoms with Crippen molar-refractivity contribution in [3.63, 3.8) is 0 Å². The number of amides is 1. The summed E-state index contributed by atoms with van der Waals surface area (Å²) >= 11 is 1.45. The number of nitrogens with one attached hydrogen (secondary N) is 1. The van der Waals surface area contributed by atoms with Gasteiger partial charge in [-0.25, -0.2) is 4.98 Å². The van der Waals surface area contributed by atoms with Gasteiger partial charge in [0.05, 0.1) is 0 Å². The molecule has 0 radical (unpaired) electrons. The number of aromatic nitrogens is 3. The average molecular weight is 454 g/mol. The van der Waals surface area contributed by atoms with Gasteiger partial charge in [-0.3, -0.25) is 9.59 Å². The van der Waals surface area contributed by atoms with E-state index in [0.717, 1.165) is 62.4 Å². The predicted octanol–water partition coefficient (Wildman–Crippen LogP) is 3.46. The first-order valence-corrected chi connectivity index (χ1v) is 12.3. The summed E-state index contributed by atoms with van der Waals surface area (Å²) in [7, 11) is 0. The van der Waals surface area contributed by atoms with E-state index in [0.29, 0.717) is 4.96 Å². The normalized spacial score (nSPS) is 15.8. The smallest absolute Gasteiger partial charge is 0.275 e. The molecule has 1 N–H and O–H groups in total. The molecule has 1 amide bonds. The first kappa shape index (κ1) is 22.5. The summed E-state index contributed by atoms with van der Waals surface area (Å²) in [6.07, 6.45) is 5.22. The van der Waals surface area contributed by atoms with E-state index >= 15 is 0 Å². The maximum absolute atomic E-state index is 12.7. The Hall–Kier alpha value is -2.74. The standard InChI is InChI=1S/C24H31N5O2S/c1-3-7-20-16-21(30)29-23(26-20)32-24(27-29)28-14-12-19(13-15-28)22(31)25-17(2)10-11-18-8-5-4-6-9-18/h4-6,8-9,16-17,19H,3,7,10-15H2,1-2H3,(H,25,31)/t17-/m1/s1. The van der Waals surface area contributed by atoms with Gasteiger partial charge in [-0.15, -0.1) is 5.10 Å². The van der Waals surface area contributed by atoms with E-state index in [9.17, 15) is 9.59 Å². The second-order valence-electron chi connectivity index (χ2n) is 8.61. The van der Waals surface area contributed by atoms with Gasteiger partial charge in [-0.05, 0) is 44.6 Å². The number of fused-ring (bicyclic) bond motifs is 1. The predicted molar refractivity (Wildman–Crippen MR) is 128 cm³/mol. The van der Waals surface area contributed by atoms with Gasteiger partial charge in [0.2, 0.25) is 16.0 Å². The van der Waals surface area contributed by atoms with Crippen LogP contribution in [-0.2, 0) is 17.6 Å². The van der Waals surface area contributed by atoms with Crippen molar-refractivity contribution in [2.45, 2.75) is 58.4 Å². The topological polar surface area (TPSA) is 79.6 Å². The van der Waals surface area contributed by atoms with Crippen LogP contribution in [0.15, 0.2) is 41.2 Å². The summed E-state index contributed by atoms with van der Waals surface area (Å²) in [4.78, 5) is 32.5. The molecule has 0 bridgehead atoms. The zero-order valence-electron chi connectivity index (χ0n) is 18.8. The fourth-order valence-electron chi connectivity index (χ4n) is 4.15. The quantitative estimate of drug-likeness (QED) is 0.565. The minimum atomic E-state index is -0.125. The highest BCUT2D eigenvalue weighted by Crippen LogP contribution is 2.27. The van der Waals surface area contributed by atoms with Crippen LogP contribution in [0.3, 0.4) is 0 Å². The summed E-state index contributed by atoms with van der Waals surface area (Å²) in [6.45, 7) is 5.67. The van der Waals surface area contributed by atoms with Crippen molar-refractivity contribution in [3.8, 4) is 0 Å². The van der Waals surface area contributed by atoms with Crippen molar-refractivity contribution < 1.29 is 4.79 Å². The molecule has 3 aromatic rings. The number of aryl methyl sites for hydroxylation is 2. The van der Waals surface area contributed by atoms with Crippen LogP contribution < -0.4 is 15.8 Å². The van der Waals surface area contributed by atoms with E-state index in [1.807, 2.05) is 18.2 Å². The van der Waals surface area contributed by atoms with Gasteiger partial charge in [0.25, 0.3) is 5.56 Å². The molecule has 1 aromatic carbocycles. The monoisotopic (exact) mass is 453 g/mol. The number of anilines is 1. The van der Waals surface area contributed by atoms with E-state index in [1.54, 1.807) is 6.07 Å². The Morgan fingerprint density at radius 1 is 1.22 bits per heavy atom. The Kier molecular flexibility index (Phi) is 7.19. The maximum Gasteiger partial charge on any atom is 0.275 e. The number of carbonyl (C=O) groups excluding carboxylic acids is 1. The lowest BCUT2D eigenvalue weighted by Gasteiger charge is -2.31. The molecule has 0 aliphatic carbocycles. The second kappa shape index (κ2) is 10.3. The van der Waals surface area contributed by atoms with E-state index in [1.165, 1.54) is 21.4 Å². The molecule has 1 aliphatic heterocycles. The molecule has 7 nitrogen and oxygen atoms in total. The van der Waals surface area contributed by atoms with Crippen LogP contribution in [0.2, 0.25) is 0 Å². The Morgan fingerprint density at radius 3 is 2.69 bits per heavy atom. The molecule has 170 valence electrons. The Bertz CT molecular complexity index is 1100. The van der Waals surface area contributed by atoms with Crippen molar-refractivity contribution in [2.75, 3.05) is 18.0 Å². The van der Waals surface area contributed by atoms with Gasteiger partial charge in [0, 0.05) is 36.8 Å². The highest BCUT2D eigenvalue weighted by Gasteiger charge is 2.27. The van der Waals surface area contributed by atoms with Crippen LogP contribution >= 0.6 is 11.3 Å². The second-order valence-corrected chi connectivity index (χ2v) is 9.54. The van der Waals surface area contributed by atoms with Crippen LogP contribution in [0.1, 0.15) is 50.8 Å². The lowest BCUT2D eigenvalue weighted by Crippen LogP contribution is -2.43. The third-order valence-electron chi connectivity index (χ3n) is 6.03. The minimum Gasteiger partial charge on any atom is -0.353 e. The van der Waals surface area contributed by atoms with Gasteiger partial charge < -0.3 is 10.2 Å². The molecule has 32 heavy (non-hydrogen) atoms. The largest absolute Gasteiger partial charge is 0.353 e. The van der Waals surface area contributed by atoms with Gasteiger partial charge in [-0.1, -0.05) is 55.0 Å². The van der Waals surface area contributed by atoms with E-state index < -0.39 is 0 Å². The summed E-state index contributed by atoms with van der Waals surface area (Å²) in [5, 5.41) is 8.49. The zero-order valence-corrected chi connectivity index (χ0v) is 19.6. The highest BCUT2D eigenvalue weighted by molar-refractivity contribution is 7.20. The van der Waals surface area contributed by atoms with Crippen molar-refractivity contribution in [1.29, 1.82) is 0 Å². The van der Waals surface area contributed by atoms with Crippen LogP contribution in [0.5, 0.6) is 0 Å². The molecule has 1 fully saturated rings. The first-order valence-electron chi connectivity index (χ1n) is 11.5. The average Bonchev–Trinajstić information content (AvgIpc) is 3.24. The summed E-state index contributed by atoms with van der Waals surface area (Å²) in [5.41, 5.74) is 2.00. The molecule has 1 atom stereocenters.